The van der Waals surface area contributed by atoms with Crippen LogP contribution in [-0.2, 0) is 4.79 Å². The molecule has 6 heteroatoms. The minimum absolute atomic E-state index is 0. The van der Waals surface area contributed by atoms with E-state index in [4.69, 9.17) is 0 Å². The first kappa shape index (κ1) is 18.8. The Bertz CT molecular complexity index is 436. The highest BCUT2D eigenvalue weighted by Gasteiger charge is 2.35. The van der Waals surface area contributed by atoms with Crippen LogP contribution in [-0.4, -0.2) is 48.5 Å². The van der Waals surface area contributed by atoms with E-state index in [0.29, 0.717) is 23.9 Å². The Balaban J connectivity index is 0.00000192. The summed E-state index contributed by atoms with van der Waals surface area (Å²) >= 11 is 0. The quantitative estimate of drug-likeness (QED) is 0.406. The summed E-state index contributed by atoms with van der Waals surface area (Å²) in [6.45, 7) is 6.84. The van der Waals surface area contributed by atoms with E-state index in [1.165, 1.54) is 19.3 Å². The minimum Gasteiger partial charge on any atom is -0.353 e. The number of carbonyl (C=O) groups excluding carboxylic acids is 1. The number of hydrogen-bond donors (Lipinski definition) is 2. The van der Waals surface area contributed by atoms with Crippen LogP contribution in [0.3, 0.4) is 0 Å². The molecule has 2 saturated carbocycles. The van der Waals surface area contributed by atoms with Gasteiger partial charge in [-0.25, -0.2) is 0 Å². The van der Waals surface area contributed by atoms with E-state index in [2.05, 4.69) is 34.4 Å². The average Bonchev–Trinajstić information content (AvgIpc) is 2.94. The zero-order valence-electron chi connectivity index (χ0n) is 14.4. The zero-order chi connectivity index (χ0) is 15.5. The second-order valence-electron chi connectivity index (χ2n) is 7.18. The number of likely N-dealkylation sites (tertiary alicyclic amines) is 1. The molecule has 132 valence electrons. The third-order valence-electron chi connectivity index (χ3n) is 5.29. The van der Waals surface area contributed by atoms with Gasteiger partial charge in [-0.2, -0.15) is 0 Å². The summed E-state index contributed by atoms with van der Waals surface area (Å²) in [6, 6.07) is 0.924. The first-order valence-electron chi connectivity index (χ1n) is 9.03. The monoisotopic (exact) mass is 434 g/mol. The van der Waals surface area contributed by atoms with Crippen LogP contribution in [0.1, 0.15) is 52.4 Å². The minimum atomic E-state index is 0. The lowest BCUT2D eigenvalue weighted by atomic mass is 10.1. The van der Waals surface area contributed by atoms with Gasteiger partial charge in [0.15, 0.2) is 5.96 Å². The molecule has 3 aliphatic rings. The van der Waals surface area contributed by atoms with Crippen molar-refractivity contribution in [3.8, 4) is 0 Å². The topological polar surface area (TPSA) is 56.7 Å². The molecule has 2 aliphatic carbocycles. The third kappa shape index (κ3) is 4.97. The lowest BCUT2D eigenvalue weighted by Gasteiger charge is -2.21. The van der Waals surface area contributed by atoms with Gasteiger partial charge in [-0.05, 0) is 38.5 Å². The predicted octanol–water partition coefficient (Wildman–Crippen LogP) is 2.36. The van der Waals surface area contributed by atoms with Crippen LogP contribution in [0.15, 0.2) is 4.99 Å². The molecule has 3 atom stereocenters. The molecule has 1 heterocycles. The number of nitrogens with zero attached hydrogens (tertiary/aromatic N) is 2. The molecule has 23 heavy (non-hydrogen) atoms. The highest BCUT2D eigenvalue weighted by Crippen LogP contribution is 2.29. The van der Waals surface area contributed by atoms with E-state index < -0.39 is 0 Å². The molecular weight excluding hydrogens is 403 g/mol. The Kier molecular flexibility index (Phi) is 6.98. The van der Waals surface area contributed by atoms with Crippen LogP contribution in [0, 0.1) is 11.8 Å². The first-order chi connectivity index (χ1) is 10.7. The Labute approximate surface area is 157 Å². The number of amides is 1. The smallest absolute Gasteiger partial charge is 0.225 e. The van der Waals surface area contributed by atoms with E-state index in [-0.39, 0.29) is 24.0 Å². The van der Waals surface area contributed by atoms with E-state index in [0.717, 1.165) is 50.8 Å². The van der Waals surface area contributed by atoms with Gasteiger partial charge in [0.1, 0.15) is 0 Å². The molecule has 0 aromatic rings. The van der Waals surface area contributed by atoms with Crippen LogP contribution in [0.5, 0.6) is 0 Å². The molecule has 0 radical (unpaired) electrons. The summed E-state index contributed by atoms with van der Waals surface area (Å²) in [4.78, 5) is 19.1. The van der Waals surface area contributed by atoms with Crippen LogP contribution >= 0.6 is 24.0 Å². The highest BCUT2D eigenvalue weighted by molar-refractivity contribution is 14.0. The molecule has 0 aromatic carbocycles. The van der Waals surface area contributed by atoms with Crippen molar-refractivity contribution in [2.45, 2.75) is 64.5 Å². The molecule has 1 aliphatic heterocycles. The number of halogens is 1. The van der Waals surface area contributed by atoms with Gasteiger partial charge >= 0.3 is 0 Å². The Hall–Kier alpha value is -0.530. The van der Waals surface area contributed by atoms with E-state index in [1.807, 2.05) is 0 Å². The van der Waals surface area contributed by atoms with Gasteiger partial charge in [0, 0.05) is 37.6 Å². The van der Waals surface area contributed by atoms with Crippen molar-refractivity contribution in [1.29, 1.82) is 0 Å². The van der Waals surface area contributed by atoms with Gasteiger partial charge in [-0.3, -0.25) is 9.79 Å². The summed E-state index contributed by atoms with van der Waals surface area (Å²) in [5.74, 6) is 2.37. The van der Waals surface area contributed by atoms with Crippen molar-refractivity contribution in [2.75, 3.05) is 19.6 Å². The highest BCUT2D eigenvalue weighted by atomic mass is 127. The molecule has 5 nitrogen and oxygen atoms in total. The third-order valence-corrected chi connectivity index (χ3v) is 5.29. The number of aliphatic imine (C=N–C) groups is 1. The number of guanidine groups is 1. The van der Waals surface area contributed by atoms with Crippen molar-refractivity contribution in [3.05, 3.63) is 0 Å². The molecule has 1 saturated heterocycles. The fourth-order valence-electron chi connectivity index (χ4n) is 3.69. The maximum absolute atomic E-state index is 12.5. The zero-order valence-corrected chi connectivity index (χ0v) is 16.7. The van der Waals surface area contributed by atoms with Crippen molar-refractivity contribution in [1.82, 2.24) is 15.5 Å². The number of rotatable bonds is 4. The van der Waals surface area contributed by atoms with E-state index in [9.17, 15) is 4.79 Å². The Morgan fingerprint density at radius 2 is 1.91 bits per heavy atom. The molecule has 0 aromatic heterocycles. The van der Waals surface area contributed by atoms with Gasteiger partial charge in [0.05, 0.1) is 0 Å². The predicted molar refractivity (Wildman–Crippen MR) is 104 cm³/mol. The SMILES string of the molecule is CCN=C(NC1CCN(C(=O)C2CCCC2)C1)NC1CC1C.I. The van der Waals surface area contributed by atoms with Crippen LogP contribution in [0.4, 0.5) is 0 Å². The lowest BCUT2D eigenvalue weighted by Crippen LogP contribution is -2.46. The molecular formula is C17H31IN4O. The second kappa shape index (κ2) is 8.53. The van der Waals surface area contributed by atoms with E-state index >= 15 is 0 Å². The van der Waals surface area contributed by atoms with Gasteiger partial charge in [-0.15, -0.1) is 24.0 Å². The average molecular weight is 434 g/mol. The molecule has 0 spiro atoms. The number of hydrogen-bond acceptors (Lipinski definition) is 2. The van der Waals surface area contributed by atoms with E-state index in [1.54, 1.807) is 0 Å². The van der Waals surface area contributed by atoms with Crippen molar-refractivity contribution in [3.63, 3.8) is 0 Å². The van der Waals surface area contributed by atoms with Crippen molar-refractivity contribution < 1.29 is 4.79 Å². The van der Waals surface area contributed by atoms with Crippen LogP contribution in [0.2, 0.25) is 0 Å². The fraction of sp³-hybridized carbons (Fsp3) is 0.882. The summed E-state index contributed by atoms with van der Waals surface area (Å²) < 4.78 is 0. The fourth-order valence-corrected chi connectivity index (χ4v) is 3.69. The maximum Gasteiger partial charge on any atom is 0.225 e. The molecule has 3 fully saturated rings. The largest absolute Gasteiger partial charge is 0.353 e. The normalized spacial score (nSPS) is 31.0. The van der Waals surface area contributed by atoms with Gasteiger partial charge in [0.25, 0.3) is 0 Å². The molecule has 1 amide bonds. The van der Waals surface area contributed by atoms with Crippen molar-refractivity contribution >= 4 is 35.8 Å². The first-order valence-corrected chi connectivity index (χ1v) is 9.03. The molecule has 0 bridgehead atoms. The van der Waals surface area contributed by atoms with Crippen LogP contribution < -0.4 is 10.6 Å². The van der Waals surface area contributed by atoms with Gasteiger partial charge in [0.2, 0.25) is 5.91 Å². The molecule has 3 rings (SSSR count). The van der Waals surface area contributed by atoms with Crippen LogP contribution in [0.25, 0.3) is 0 Å². The van der Waals surface area contributed by atoms with Crippen molar-refractivity contribution in [2.24, 2.45) is 16.8 Å². The maximum atomic E-state index is 12.5. The Morgan fingerprint density at radius 3 is 2.52 bits per heavy atom. The van der Waals surface area contributed by atoms with Gasteiger partial charge < -0.3 is 15.5 Å². The number of carbonyl (C=O) groups is 1. The Morgan fingerprint density at radius 1 is 1.22 bits per heavy atom. The summed E-state index contributed by atoms with van der Waals surface area (Å²) in [5.41, 5.74) is 0. The molecule has 3 unspecified atom stereocenters. The lowest BCUT2D eigenvalue weighted by molar-refractivity contribution is -0.134. The summed E-state index contributed by atoms with van der Waals surface area (Å²) in [6.07, 6.45) is 6.91. The number of nitrogens with one attached hydrogen (secondary N) is 2. The molecule has 2 N–H and O–H groups in total. The van der Waals surface area contributed by atoms with Gasteiger partial charge in [-0.1, -0.05) is 19.8 Å². The summed E-state index contributed by atoms with van der Waals surface area (Å²) in [5, 5.41) is 7.03. The second-order valence-corrected chi connectivity index (χ2v) is 7.18. The summed E-state index contributed by atoms with van der Waals surface area (Å²) in [7, 11) is 0. The standard InChI is InChI=1S/C17H30N4O.HI/c1-3-18-17(20-15-10-12(15)2)19-14-8-9-21(11-14)16(22)13-6-4-5-7-13;/h12-15H,3-11H2,1-2H3,(H2,18,19,20);1H.